The molecule has 3 atom stereocenters. The number of carbonyl (C=O) groups excluding carboxylic acids is 2. The Balaban J connectivity index is 5.29. The Labute approximate surface area is 429 Å². The molecule has 0 radical (unpaired) electrons. The number of amides is 1. The standard InChI is InChI=1S/C59H117N2O7P/c1-7-10-13-16-19-22-25-28-30-31-33-36-39-42-45-48-51-58(62)60-56(55-67-69(64,65)66-54-53-61(4,5)6)57(50-47-44-41-38-35-32-27-24-21-18-15-12-9-3)68-59(63)52-49-46-43-40-37-34-29-26-23-20-17-14-11-8-2/h47,50,56-57H,7-46,48-49,51-55H2,1-6H3,(H-,60,62,64,65)/p+1/b50-47+. The molecule has 0 fully saturated rings. The second-order valence-corrected chi connectivity index (χ2v) is 23.3. The van der Waals surface area contributed by atoms with Crippen LogP contribution in [0.5, 0.6) is 0 Å². The number of hydrogen-bond acceptors (Lipinski definition) is 6. The quantitative estimate of drug-likeness (QED) is 0.0205. The number of likely N-dealkylation sites (N-methyl/N-ethyl adjacent to an activating group) is 1. The zero-order valence-electron chi connectivity index (χ0n) is 46.8. The molecule has 0 aliphatic rings. The average Bonchev–Trinajstić information content (AvgIpc) is 3.31. The Bertz CT molecular complexity index is 1190. The van der Waals surface area contributed by atoms with Gasteiger partial charge in [0.05, 0.1) is 33.8 Å². The van der Waals surface area contributed by atoms with Gasteiger partial charge in [0, 0.05) is 12.8 Å². The van der Waals surface area contributed by atoms with Gasteiger partial charge in [-0.15, -0.1) is 0 Å². The van der Waals surface area contributed by atoms with Gasteiger partial charge in [0.25, 0.3) is 0 Å². The van der Waals surface area contributed by atoms with Crippen molar-refractivity contribution in [3.8, 4) is 0 Å². The highest BCUT2D eigenvalue weighted by Crippen LogP contribution is 2.43. The molecular weight excluding hydrogens is 880 g/mol. The third kappa shape index (κ3) is 51.5. The van der Waals surface area contributed by atoms with Gasteiger partial charge in [-0.05, 0) is 31.8 Å². The second kappa shape index (κ2) is 50.3. The van der Waals surface area contributed by atoms with E-state index >= 15 is 0 Å². The van der Waals surface area contributed by atoms with Crippen LogP contribution < -0.4 is 5.32 Å². The number of esters is 1. The minimum absolute atomic E-state index is 0.0457. The highest BCUT2D eigenvalue weighted by molar-refractivity contribution is 7.47. The highest BCUT2D eigenvalue weighted by atomic mass is 31.2. The van der Waals surface area contributed by atoms with Crippen LogP contribution in [0.2, 0.25) is 0 Å². The maximum Gasteiger partial charge on any atom is 0.472 e. The molecule has 0 rings (SSSR count). The zero-order chi connectivity index (χ0) is 50.8. The molecule has 0 spiro atoms. The molecule has 0 saturated carbocycles. The number of nitrogens with one attached hydrogen (secondary N) is 1. The van der Waals surface area contributed by atoms with Crippen molar-refractivity contribution in [2.45, 2.75) is 315 Å². The van der Waals surface area contributed by atoms with Crippen molar-refractivity contribution >= 4 is 19.7 Å². The van der Waals surface area contributed by atoms with Crippen molar-refractivity contribution in [2.24, 2.45) is 0 Å². The summed E-state index contributed by atoms with van der Waals surface area (Å²) in [7, 11) is 1.52. The lowest BCUT2D eigenvalue weighted by Gasteiger charge is -2.27. The van der Waals surface area contributed by atoms with Crippen LogP contribution in [0.25, 0.3) is 0 Å². The van der Waals surface area contributed by atoms with Crippen LogP contribution >= 0.6 is 7.82 Å². The van der Waals surface area contributed by atoms with Gasteiger partial charge in [0.1, 0.15) is 19.3 Å². The number of allylic oxidation sites excluding steroid dienone is 1. The largest absolute Gasteiger partial charge is 0.472 e. The Morgan fingerprint density at radius 3 is 1.19 bits per heavy atom. The van der Waals surface area contributed by atoms with Gasteiger partial charge in [0.2, 0.25) is 5.91 Å². The zero-order valence-corrected chi connectivity index (χ0v) is 47.7. The van der Waals surface area contributed by atoms with Crippen molar-refractivity contribution in [1.82, 2.24) is 5.32 Å². The normalized spacial score (nSPS) is 13.8. The first-order valence-electron chi connectivity index (χ1n) is 30.0. The molecule has 0 aromatic rings. The summed E-state index contributed by atoms with van der Waals surface area (Å²) in [6.45, 7) is 7.06. The summed E-state index contributed by atoms with van der Waals surface area (Å²) < 4.78 is 30.7. The number of carbonyl (C=O) groups is 2. The minimum Gasteiger partial charge on any atom is -0.456 e. The molecule has 0 aliphatic carbocycles. The van der Waals surface area contributed by atoms with Gasteiger partial charge in [-0.1, -0.05) is 271 Å². The van der Waals surface area contributed by atoms with Crippen LogP contribution in [-0.4, -0.2) is 74.3 Å². The Hall–Kier alpha value is -1.25. The van der Waals surface area contributed by atoms with E-state index in [0.29, 0.717) is 23.9 Å². The predicted octanol–water partition coefficient (Wildman–Crippen LogP) is 18.0. The third-order valence-electron chi connectivity index (χ3n) is 13.7. The molecular formula is C59H118N2O7P+. The molecule has 0 bridgehead atoms. The number of nitrogens with zero attached hydrogens (tertiary/aromatic N) is 1. The highest BCUT2D eigenvalue weighted by Gasteiger charge is 2.30. The van der Waals surface area contributed by atoms with Crippen molar-refractivity contribution in [3.05, 3.63) is 12.2 Å². The van der Waals surface area contributed by atoms with E-state index in [0.717, 1.165) is 57.8 Å². The first-order valence-corrected chi connectivity index (χ1v) is 31.5. The first-order chi connectivity index (χ1) is 33.4. The fourth-order valence-corrected chi connectivity index (χ4v) is 9.80. The SMILES string of the molecule is CCCCCCCCCCCCC/C=C/C(OC(=O)CCCCCCCCCCCCCCCC)C(COP(=O)(O)OCC[N+](C)(C)C)NC(=O)CCCCCCCCCCCCCCCCCC. The van der Waals surface area contributed by atoms with Gasteiger partial charge < -0.3 is 19.4 Å². The maximum atomic E-state index is 13.5. The smallest absolute Gasteiger partial charge is 0.456 e. The summed E-state index contributed by atoms with van der Waals surface area (Å²) in [4.78, 5) is 37.6. The molecule has 0 saturated heterocycles. The molecule has 3 unspecified atom stereocenters. The Morgan fingerprint density at radius 2 is 0.826 bits per heavy atom. The minimum atomic E-state index is -4.44. The van der Waals surface area contributed by atoms with E-state index in [2.05, 4.69) is 26.1 Å². The lowest BCUT2D eigenvalue weighted by Crippen LogP contribution is -2.47. The molecule has 10 heteroatoms. The number of phosphoric ester groups is 1. The molecule has 9 nitrogen and oxygen atoms in total. The van der Waals surface area contributed by atoms with Gasteiger partial charge >= 0.3 is 13.8 Å². The van der Waals surface area contributed by atoms with Gasteiger partial charge in [0.15, 0.2) is 0 Å². The number of rotatable bonds is 55. The molecule has 0 heterocycles. The molecule has 2 N–H and O–H groups in total. The van der Waals surface area contributed by atoms with Crippen LogP contribution in [0.3, 0.4) is 0 Å². The van der Waals surface area contributed by atoms with Crippen molar-refractivity contribution in [3.63, 3.8) is 0 Å². The first kappa shape index (κ1) is 67.8. The van der Waals surface area contributed by atoms with Gasteiger partial charge in [-0.25, -0.2) is 4.57 Å². The summed E-state index contributed by atoms with van der Waals surface area (Å²) >= 11 is 0. The molecule has 0 aromatic carbocycles. The monoisotopic (exact) mass is 998 g/mol. The average molecular weight is 999 g/mol. The fraction of sp³-hybridized carbons (Fsp3) is 0.932. The Morgan fingerprint density at radius 1 is 0.493 bits per heavy atom. The van der Waals surface area contributed by atoms with Crippen LogP contribution in [0.15, 0.2) is 12.2 Å². The van der Waals surface area contributed by atoms with E-state index in [-0.39, 0.29) is 25.1 Å². The van der Waals surface area contributed by atoms with E-state index in [1.54, 1.807) is 0 Å². The van der Waals surface area contributed by atoms with Gasteiger partial charge in [-0.2, -0.15) is 0 Å². The number of unbranched alkanes of at least 4 members (excludes halogenated alkanes) is 39. The molecule has 0 aliphatic heterocycles. The van der Waals surface area contributed by atoms with Crippen LogP contribution in [0.4, 0.5) is 0 Å². The lowest BCUT2D eigenvalue weighted by atomic mass is 10.0. The third-order valence-corrected chi connectivity index (χ3v) is 14.7. The van der Waals surface area contributed by atoms with Crippen LogP contribution in [-0.2, 0) is 27.9 Å². The maximum absolute atomic E-state index is 13.5. The Kier molecular flexibility index (Phi) is 49.4. The fourth-order valence-electron chi connectivity index (χ4n) is 9.06. The van der Waals surface area contributed by atoms with E-state index < -0.39 is 20.0 Å². The number of hydrogen-bond donors (Lipinski definition) is 2. The summed E-state index contributed by atoms with van der Waals surface area (Å²) in [6.07, 6.45) is 56.2. The van der Waals surface area contributed by atoms with Crippen molar-refractivity contribution in [2.75, 3.05) is 40.9 Å². The summed E-state index contributed by atoms with van der Waals surface area (Å²) in [5.74, 6) is -0.485. The molecule has 410 valence electrons. The van der Waals surface area contributed by atoms with E-state index in [9.17, 15) is 19.0 Å². The van der Waals surface area contributed by atoms with Crippen LogP contribution in [0.1, 0.15) is 303 Å². The number of quaternary nitrogens is 1. The van der Waals surface area contributed by atoms with E-state index in [1.807, 2.05) is 33.3 Å². The summed E-state index contributed by atoms with van der Waals surface area (Å²) in [5, 5.41) is 3.06. The van der Waals surface area contributed by atoms with E-state index in [1.165, 1.54) is 212 Å². The summed E-state index contributed by atoms with van der Waals surface area (Å²) in [6, 6.07) is -0.838. The van der Waals surface area contributed by atoms with Crippen molar-refractivity contribution in [1.29, 1.82) is 0 Å². The molecule has 0 aromatic heterocycles. The lowest BCUT2D eigenvalue weighted by molar-refractivity contribution is -0.870. The van der Waals surface area contributed by atoms with E-state index in [4.69, 9.17) is 13.8 Å². The number of phosphoric acid groups is 1. The number of ether oxygens (including phenoxy) is 1. The van der Waals surface area contributed by atoms with Crippen molar-refractivity contribution < 1.29 is 37.3 Å². The second-order valence-electron chi connectivity index (χ2n) is 21.9. The van der Waals surface area contributed by atoms with Gasteiger partial charge in [-0.3, -0.25) is 18.6 Å². The molecule has 1 amide bonds. The van der Waals surface area contributed by atoms with Crippen LogP contribution in [0, 0.1) is 0 Å². The predicted molar refractivity (Wildman–Crippen MR) is 296 cm³/mol. The summed E-state index contributed by atoms with van der Waals surface area (Å²) in [5.41, 5.74) is 0. The molecule has 69 heavy (non-hydrogen) atoms. The topological polar surface area (TPSA) is 111 Å².